The van der Waals surface area contributed by atoms with Crippen LogP contribution in [0.5, 0.6) is 0 Å². The molecule has 0 spiro atoms. The standard InChI is InChI=1S/C17H30O3/c1-5-9-14(2)16(20)11-8-6-7-10-15(19)12-17(3,4)13-18/h13-14H,5-12H2,1-4H3. The summed E-state index contributed by atoms with van der Waals surface area (Å²) in [4.78, 5) is 34.2. The number of aldehydes is 1. The number of rotatable bonds is 12. The lowest BCUT2D eigenvalue weighted by Crippen LogP contribution is -2.18. The first-order valence-electron chi connectivity index (χ1n) is 7.83. The van der Waals surface area contributed by atoms with Gasteiger partial charge in [-0.15, -0.1) is 0 Å². The summed E-state index contributed by atoms with van der Waals surface area (Å²) in [5, 5.41) is 0. The van der Waals surface area contributed by atoms with E-state index in [1.165, 1.54) is 0 Å². The third-order valence-corrected chi connectivity index (χ3v) is 3.62. The van der Waals surface area contributed by atoms with Crippen molar-refractivity contribution in [2.45, 2.75) is 79.1 Å². The molecule has 3 heteroatoms. The monoisotopic (exact) mass is 282 g/mol. The van der Waals surface area contributed by atoms with Crippen molar-refractivity contribution in [2.75, 3.05) is 0 Å². The summed E-state index contributed by atoms with van der Waals surface area (Å²) in [5.41, 5.74) is -0.539. The van der Waals surface area contributed by atoms with E-state index in [9.17, 15) is 14.4 Å². The first-order chi connectivity index (χ1) is 9.32. The Bertz CT molecular complexity index is 318. The second-order valence-electron chi connectivity index (χ2n) is 6.54. The molecule has 0 bridgehead atoms. The predicted octanol–water partition coefficient (Wildman–Crippen LogP) is 4.13. The van der Waals surface area contributed by atoms with E-state index in [0.29, 0.717) is 25.0 Å². The number of Topliss-reactive ketones (excluding diaryl/α,β-unsaturated/α-hetero) is 2. The van der Waals surface area contributed by atoms with E-state index in [1.807, 2.05) is 6.92 Å². The van der Waals surface area contributed by atoms with Crippen molar-refractivity contribution < 1.29 is 14.4 Å². The second kappa shape index (κ2) is 9.84. The number of hydrogen-bond donors (Lipinski definition) is 0. The minimum atomic E-state index is -0.539. The molecule has 0 saturated carbocycles. The zero-order valence-corrected chi connectivity index (χ0v) is 13.5. The summed E-state index contributed by atoms with van der Waals surface area (Å²) in [7, 11) is 0. The van der Waals surface area contributed by atoms with Gasteiger partial charge >= 0.3 is 0 Å². The molecule has 0 radical (unpaired) electrons. The summed E-state index contributed by atoms with van der Waals surface area (Å²) in [6.07, 6.45) is 6.96. The van der Waals surface area contributed by atoms with E-state index in [4.69, 9.17) is 0 Å². The van der Waals surface area contributed by atoms with Crippen molar-refractivity contribution >= 4 is 17.9 Å². The van der Waals surface area contributed by atoms with Crippen molar-refractivity contribution in [3.05, 3.63) is 0 Å². The van der Waals surface area contributed by atoms with Crippen LogP contribution in [0.2, 0.25) is 0 Å². The van der Waals surface area contributed by atoms with Crippen LogP contribution >= 0.6 is 0 Å². The first-order valence-corrected chi connectivity index (χ1v) is 7.83. The number of carbonyl (C=O) groups is 3. The van der Waals surface area contributed by atoms with Crippen molar-refractivity contribution in [3.8, 4) is 0 Å². The molecular weight excluding hydrogens is 252 g/mol. The fourth-order valence-corrected chi connectivity index (χ4v) is 2.28. The van der Waals surface area contributed by atoms with Crippen LogP contribution in [0.1, 0.15) is 79.1 Å². The maximum Gasteiger partial charge on any atom is 0.135 e. The van der Waals surface area contributed by atoms with Crippen LogP contribution in [0, 0.1) is 11.3 Å². The number of unbranched alkanes of at least 4 members (excludes halogenated alkanes) is 2. The Morgan fingerprint density at radius 1 is 1.10 bits per heavy atom. The zero-order valence-electron chi connectivity index (χ0n) is 13.5. The zero-order chi connectivity index (χ0) is 15.6. The molecular formula is C17H30O3. The van der Waals surface area contributed by atoms with Gasteiger partial charge in [0.05, 0.1) is 0 Å². The topological polar surface area (TPSA) is 51.2 Å². The van der Waals surface area contributed by atoms with Crippen LogP contribution in [0.4, 0.5) is 0 Å². The molecule has 0 fully saturated rings. The highest BCUT2D eigenvalue weighted by Gasteiger charge is 2.20. The lowest BCUT2D eigenvalue weighted by atomic mass is 9.88. The molecule has 0 N–H and O–H groups in total. The third-order valence-electron chi connectivity index (χ3n) is 3.62. The second-order valence-corrected chi connectivity index (χ2v) is 6.54. The van der Waals surface area contributed by atoms with Crippen LogP contribution in [-0.2, 0) is 14.4 Å². The lowest BCUT2D eigenvalue weighted by Gasteiger charge is -2.15. The maximum atomic E-state index is 11.8. The normalized spacial score (nSPS) is 13.0. The third kappa shape index (κ3) is 9.00. The van der Waals surface area contributed by atoms with Gasteiger partial charge in [0.2, 0.25) is 0 Å². The summed E-state index contributed by atoms with van der Waals surface area (Å²) < 4.78 is 0. The SMILES string of the molecule is CCCC(C)C(=O)CCCCCC(=O)CC(C)(C)C=O. The smallest absolute Gasteiger partial charge is 0.135 e. The Morgan fingerprint density at radius 2 is 1.70 bits per heavy atom. The van der Waals surface area contributed by atoms with Gasteiger partial charge in [-0.2, -0.15) is 0 Å². The van der Waals surface area contributed by atoms with Gasteiger partial charge in [-0.25, -0.2) is 0 Å². The molecule has 0 rings (SSSR count). The first kappa shape index (κ1) is 19.0. The highest BCUT2D eigenvalue weighted by Crippen LogP contribution is 2.19. The molecule has 3 nitrogen and oxygen atoms in total. The summed E-state index contributed by atoms with van der Waals surface area (Å²) in [6, 6.07) is 0. The van der Waals surface area contributed by atoms with Crippen LogP contribution in [0.3, 0.4) is 0 Å². The largest absolute Gasteiger partial charge is 0.303 e. The summed E-state index contributed by atoms with van der Waals surface area (Å²) in [5.74, 6) is 0.670. The minimum absolute atomic E-state index is 0.146. The van der Waals surface area contributed by atoms with Crippen molar-refractivity contribution in [3.63, 3.8) is 0 Å². The molecule has 0 heterocycles. The maximum absolute atomic E-state index is 11.8. The van der Waals surface area contributed by atoms with Gasteiger partial charge in [0, 0.05) is 30.6 Å². The van der Waals surface area contributed by atoms with Crippen LogP contribution in [0.25, 0.3) is 0 Å². The number of ketones is 2. The van der Waals surface area contributed by atoms with Gasteiger partial charge in [-0.1, -0.05) is 40.5 Å². The van der Waals surface area contributed by atoms with Crippen molar-refractivity contribution in [1.29, 1.82) is 0 Å². The van der Waals surface area contributed by atoms with Gasteiger partial charge in [0.15, 0.2) is 0 Å². The van der Waals surface area contributed by atoms with Gasteiger partial charge in [0.1, 0.15) is 17.9 Å². The van der Waals surface area contributed by atoms with E-state index < -0.39 is 5.41 Å². The number of hydrogen-bond acceptors (Lipinski definition) is 3. The van der Waals surface area contributed by atoms with Crippen LogP contribution in [0.15, 0.2) is 0 Å². The van der Waals surface area contributed by atoms with Crippen molar-refractivity contribution in [2.24, 2.45) is 11.3 Å². The van der Waals surface area contributed by atoms with Gasteiger partial charge in [0.25, 0.3) is 0 Å². The Labute approximate surface area is 123 Å². The highest BCUT2D eigenvalue weighted by atomic mass is 16.1. The Hall–Kier alpha value is -0.990. The quantitative estimate of drug-likeness (QED) is 0.399. The molecule has 0 aromatic heterocycles. The van der Waals surface area contributed by atoms with E-state index in [-0.39, 0.29) is 11.7 Å². The summed E-state index contributed by atoms with van der Waals surface area (Å²) in [6.45, 7) is 7.66. The molecule has 0 aliphatic rings. The van der Waals surface area contributed by atoms with E-state index in [2.05, 4.69) is 6.92 Å². The van der Waals surface area contributed by atoms with Crippen LogP contribution in [-0.4, -0.2) is 17.9 Å². The lowest BCUT2D eigenvalue weighted by molar-refractivity contribution is -0.125. The fraction of sp³-hybridized carbons (Fsp3) is 0.824. The summed E-state index contributed by atoms with van der Waals surface area (Å²) >= 11 is 0. The molecule has 0 saturated heterocycles. The Kier molecular flexibility index (Phi) is 9.35. The van der Waals surface area contributed by atoms with E-state index in [0.717, 1.165) is 38.4 Å². The minimum Gasteiger partial charge on any atom is -0.303 e. The average molecular weight is 282 g/mol. The molecule has 0 aromatic rings. The highest BCUT2D eigenvalue weighted by molar-refractivity contribution is 5.82. The van der Waals surface area contributed by atoms with E-state index >= 15 is 0 Å². The Morgan fingerprint density at radius 3 is 2.25 bits per heavy atom. The van der Waals surface area contributed by atoms with Gasteiger partial charge in [-0.05, 0) is 19.3 Å². The van der Waals surface area contributed by atoms with Crippen LogP contribution < -0.4 is 0 Å². The fourth-order valence-electron chi connectivity index (χ4n) is 2.28. The molecule has 116 valence electrons. The molecule has 0 aliphatic carbocycles. The molecule has 1 unspecified atom stereocenters. The van der Waals surface area contributed by atoms with Gasteiger partial charge in [-0.3, -0.25) is 9.59 Å². The molecule has 0 amide bonds. The average Bonchev–Trinajstić information content (AvgIpc) is 2.37. The molecule has 20 heavy (non-hydrogen) atoms. The van der Waals surface area contributed by atoms with Crippen molar-refractivity contribution in [1.82, 2.24) is 0 Å². The molecule has 0 aromatic carbocycles. The predicted molar refractivity (Wildman–Crippen MR) is 81.6 cm³/mol. The van der Waals surface area contributed by atoms with E-state index in [1.54, 1.807) is 13.8 Å². The molecule has 0 aliphatic heterocycles. The Balaban J connectivity index is 3.69. The van der Waals surface area contributed by atoms with Gasteiger partial charge < -0.3 is 4.79 Å². The molecule has 1 atom stereocenters. The number of carbonyl (C=O) groups excluding carboxylic acids is 3.